The van der Waals surface area contributed by atoms with Crippen LogP contribution in [0.25, 0.3) is 0 Å². The zero-order chi connectivity index (χ0) is 12.3. The Morgan fingerprint density at radius 3 is 2.38 bits per heavy atom. The Bertz CT molecular complexity index is 356. The van der Waals surface area contributed by atoms with Gasteiger partial charge in [-0.15, -0.1) is 0 Å². The summed E-state index contributed by atoms with van der Waals surface area (Å²) in [5, 5.41) is 3.25. The minimum atomic E-state index is 0.173. The summed E-state index contributed by atoms with van der Waals surface area (Å²) in [5.41, 5.74) is 2.93. The van der Waals surface area contributed by atoms with Gasteiger partial charge in [-0.3, -0.25) is 0 Å². The average molecular weight is 284 g/mol. The highest BCUT2D eigenvalue weighted by atomic mass is 79.9. The summed E-state index contributed by atoms with van der Waals surface area (Å²) in [4.78, 5) is 0. The third-order valence-electron chi connectivity index (χ3n) is 3.02. The van der Waals surface area contributed by atoms with Gasteiger partial charge in [-0.2, -0.15) is 0 Å². The molecule has 0 aliphatic rings. The SMILES string of the molecule is CNCC(C)(C)c1ccc(C(C)C)c(Br)c1. The van der Waals surface area contributed by atoms with Crippen molar-refractivity contribution in [3.8, 4) is 0 Å². The first kappa shape index (κ1) is 13.7. The second kappa shape index (κ2) is 5.33. The van der Waals surface area contributed by atoms with Crippen LogP contribution in [0.5, 0.6) is 0 Å². The first-order chi connectivity index (χ1) is 7.38. The lowest BCUT2D eigenvalue weighted by Gasteiger charge is -2.26. The van der Waals surface area contributed by atoms with Crippen LogP contribution in [0.1, 0.15) is 44.7 Å². The highest BCUT2D eigenvalue weighted by Gasteiger charge is 2.20. The molecule has 0 spiro atoms. The second-order valence-corrected chi connectivity index (χ2v) is 6.16. The molecule has 0 amide bonds. The number of benzene rings is 1. The largest absolute Gasteiger partial charge is 0.319 e. The maximum atomic E-state index is 3.67. The van der Waals surface area contributed by atoms with E-state index in [-0.39, 0.29) is 5.41 Å². The van der Waals surface area contributed by atoms with E-state index in [1.165, 1.54) is 15.6 Å². The van der Waals surface area contributed by atoms with E-state index in [2.05, 4.69) is 67.1 Å². The van der Waals surface area contributed by atoms with Crippen molar-refractivity contribution < 1.29 is 0 Å². The standard InChI is InChI=1S/C14H22BrN/c1-10(2)12-7-6-11(8-13(12)15)14(3,4)9-16-5/h6-8,10,16H,9H2,1-5H3. The van der Waals surface area contributed by atoms with E-state index in [1.807, 2.05) is 7.05 Å². The summed E-state index contributed by atoms with van der Waals surface area (Å²) in [6, 6.07) is 6.74. The number of nitrogens with one attached hydrogen (secondary N) is 1. The molecular weight excluding hydrogens is 262 g/mol. The molecule has 0 fully saturated rings. The molecule has 0 aliphatic carbocycles. The van der Waals surface area contributed by atoms with Gasteiger partial charge in [0.15, 0.2) is 0 Å². The predicted molar refractivity (Wildman–Crippen MR) is 75.2 cm³/mol. The van der Waals surface area contributed by atoms with E-state index < -0.39 is 0 Å². The van der Waals surface area contributed by atoms with Crippen molar-refractivity contribution >= 4 is 15.9 Å². The Morgan fingerprint density at radius 2 is 1.94 bits per heavy atom. The van der Waals surface area contributed by atoms with Crippen molar-refractivity contribution in [2.75, 3.05) is 13.6 Å². The minimum Gasteiger partial charge on any atom is -0.319 e. The van der Waals surface area contributed by atoms with E-state index in [0.717, 1.165) is 6.54 Å². The molecule has 1 aromatic carbocycles. The molecule has 0 saturated heterocycles. The van der Waals surface area contributed by atoms with Crippen LogP contribution in [-0.4, -0.2) is 13.6 Å². The Morgan fingerprint density at radius 1 is 1.31 bits per heavy atom. The van der Waals surface area contributed by atoms with Crippen molar-refractivity contribution in [2.24, 2.45) is 0 Å². The van der Waals surface area contributed by atoms with Crippen LogP contribution in [0.4, 0.5) is 0 Å². The lowest BCUT2D eigenvalue weighted by Crippen LogP contribution is -2.30. The highest BCUT2D eigenvalue weighted by molar-refractivity contribution is 9.10. The molecule has 16 heavy (non-hydrogen) atoms. The average Bonchev–Trinajstić information content (AvgIpc) is 2.16. The van der Waals surface area contributed by atoms with E-state index in [0.29, 0.717) is 5.92 Å². The smallest absolute Gasteiger partial charge is 0.0212 e. The highest BCUT2D eigenvalue weighted by Crippen LogP contribution is 2.30. The molecule has 0 atom stereocenters. The summed E-state index contributed by atoms with van der Waals surface area (Å²) in [5.74, 6) is 0.566. The third-order valence-corrected chi connectivity index (χ3v) is 3.71. The zero-order valence-electron chi connectivity index (χ0n) is 10.9. The third kappa shape index (κ3) is 3.08. The molecule has 0 radical (unpaired) electrons. The first-order valence-electron chi connectivity index (χ1n) is 5.83. The van der Waals surface area contributed by atoms with E-state index >= 15 is 0 Å². The molecule has 0 heterocycles. The van der Waals surface area contributed by atoms with Crippen LogP contribution in [0.3, 0.4) is 0 Å². The van der Waals surface area contributed by atoms with Gasteiger partial charge in [0.25, 0.3) is 0 Å². The molecule has 2 heteroatoms. The lowest BCUT2D eigenvalue weighted by atomic mass is 9.83. The fourth-order valence-corrected chi connectivity index (χ4v) is 2.80. The van der Waals surface area contributed by atoms with E-state index in [9.17, 15) is 0 Å². The first-order valence-corrected chi connectivity index (χ1v) is 6.62. The minimum absolute atomic E-state index is 0.173. The fraction of sp³-hybridized carbons (Fsp3) is 0.571. The number of likely N-dealkylation sites (N-methyl/N-ethyl adjacent to an activating group) is 1. The van der Waals surface area contributed by atoms with Gasteiger partial charge in [0, 0.05) is 16.4 Å². The van der Waals surface area contributed by atoms with Gasteiger partial charge in [-0.05, 0) is 30.2 Å². The van der Waals surface area contributed by atoms with Crippen LogP contribution in [0, 0.1) is 0 Å². The Hall–Kier alpha value is -0.340. The number of hydrogen-bond acceptors (Lipinski definition) is 1. The molecule has 0 unspecified atom stereocenters. The van der Waals surface area contributed by atoms with E-state index in [1.54, 1.807) is 0 Å². The monoisotopic (exact) mass is 283 g/mol. The van der Waals surface area contributed by atoms with Crippen LogP contribution in [-0.2, 0) is 5.41 Å². The summed E-state index contributed by atoms with van der Waals surface area (Å²) in [6.45, 7) is 9.96. The Labute approximate surface area is 108 Å². The van der Waals surface area contributed by atoms with Gasteiger partial charge in [0.2, 0.25) is 0 Å². The number of hydrogen-bond donors (Lipinski definition) is 1. The van der Waals surface area contributed by atoms with Crippen LogP contribution >= 0.6 is 15.9 Å². The quantitative estimate of drug-likeness (QED) is 0.878. The maximum Gasteiger partial charge on any atom is 0.0212 e. The molecule has 0 saturated carbocycles. The maximum absolute atomic E-state index is 3.67. The predicted octanol–water partition coefficient (Wildman–Crippen LogP) is 4.07. The number of rotatable bonds is 4. The van der Waals surface area contributed by atoms with Crippen molar-refractivity contribution in [1.82, 2.24) is 5.32 Å². The molecule has 1 N–H and O–H groups in total. The van der Waals surface area contributed by atoms with Gasteiger partial charge in [0.05, 0.1) is 0 Å². The molecule has 0 bridgehead atoms. The zero-order valence-corrected chi connectivity index (χ0v) is 12.5. The van der Waals surface area contributed by atoms with Gasteiger partial charge in [-0.25, -0.2) is 0 Å². The van der Waals surface area contributed by atoms with Crippen LogP contribution < -0.4 is 5.32 Å². The fourth-order valence-electron chi connectivity index (χ4n) is 1.96. The second-order valence-electron chi connectivity index (χ2n) is 5.31. The molecule has 0 aliphatic heterocycles. The summed E-state index contributed by atoms with van der Waals surface area (Å²) >= 11 is 3.67. The van der Waals surface area contributed by atoms with Crippen molar-refractivity contribution in [1.29, 1.82) is 0 Å². The van der Waals surface area contributed by atoms with Gasteiger partial charge in [-0.1, -0.05) is 55.8 Å². The Balaban J connectivity index is 3.05. The summed E-state index contributed by atoms with van der Waals surface area (Å²) in [6.07, 6.45) is 0. The molecular formula is C14H22BrN. The molecule has 1 aromatic rings. The topological polar surface area (TPSA) is 12.0 Å². The van der Waals surface area contributed by atoms with Crippen molar-refractivity contribution in [2.45, 2.75) is 39.0 Å². The molecule has 1 rings (SSSR count). The van der Waals surface area contributed by atoms with E-state index in [4.69, 9.17) is 0 Å². The number of halogens is 1. The molecule has 90 valence electrons. The molecule has 0 aromatic heterocycles. The normalized spacial score (nSPS) is 12.2. The van der Waals surface area contributed by atoms with Gasteiger partial charge in [0.1, 0.15) is 0 Å². The summed E-state index contributed by atoms with van der Waals surface area (Å²) < 4.78 is 1.23. The van der Waals surface area contributed by atoms with Gasteiger partial charge >= 0.3 is 0 Å². The van der Waals surface area contributed by atoms with Crippen LogP contribution in [0.2, 0.25) is 0 Å². The molecule has 1 nitrogen and oxygen atoms in total. The summed E-state index contributed by atoms with van der Waals surface area (Å²) in [7, 11) is 2.00. The Kier molecular flexibility index (Phi) is 4.57. The van der Waals surface area contributed by atoms with Gasteiger partial charge < -0.3 is 5.32 Å². The van der Waals surface area contributed by atoms with Crippen molar-refractivity contribution in [3.05, 3.63) is 33.8 Å². The van der Waals surface area contributed by atoms with Crippen molar-refractivity contribution in [3.63, 3.8) is 0 Å². The lowest BCUT2D eigenvalue weighted by molar-refractivity contribution is 0.493. The van der Waals surface area contributed by atoms with Crippen LogP contribution in [0.15, 0.2) is 22.7 Å².